The lowest BCUT2D eigenvalue weighted by atomic mass is 9.98. The van der Waals surface area contributed by atoms with E-state index in [-0.39, 0.29) is 5.92 Å². The average Bonchev–Trinajstić information content (AvgIpc) is 2.31. The van der Waals surface area contributed by atoms with Crippen molar-refractivity contribution in [1.82, 2.24) is 10.2 Å². The summed E-state index contributed by atoms with van der Waals surface area (Å²) >= 11 is 0. The van der Waals surface area contributed by atoms with Crippen molar-refractivity contribution in [2.45, 2.75) is 52.7 Å². The molecular formula is C14H26N2O5. The molecule has 0 rings (SSSR count). The molecule has 7 nitrogen and oxygen atoms in total. The third kappa shape index (κ3) is 7.53. The maximum atomic E-state index is 12.3. The molecule has 122 valence electrons. The van der Waals surface area contributed by atoms with E-state index < -0.39 is 36.2 Å². The summed E-state index contributed by atoms with van der Waals surface area (Å²) in [6, 6.07) is -0.811. The van der Waals surface area contributed by atoms with E-state index in [0.29, 0.717) is 6.42 Å². The Balaban J connectivity index is 4.92. The molecule has 2 atom stereocenters. The lowest BCUT2D eigenvalue weighted by Gasteiger charge is -2.28. The van der Waals surface area contributed by atoms with Gasteiger partial charge in [-0.15, -0.1) is 0 Å². The summed E-state index contributed by atoms with van der Waals surface area (Å²) in [4.78, 5) is 35.9. The molecule has 0 aliphatic carbocycles. The summed E-state index contributed by atoms with van der Waals surface area (Å²) < 4.78 is 5.14. The molecule has 0 heterocycles. The van der Waals surface area contributed by atoms with Crippen molar-refractivity contribution in [1.29, 1.82) is 0 Å². The summed E-state index contributed by atoms with van der Waals surface area (Å²) in [5, 5.41) is 11.3. The zero-order chi connectivity index (χ0) is 16.8. The standard InChI is InChI=1S/C14H26N2O5/c1-7-9(2)11(12(19)16(6)8-10(17)18)15-13(20)21-14(3,4)5/h9,11H,7-8H2,1-6H3,(H,15,20)(H,17,18). The molecule has 0 radical (unpaired) electrons. The zero-order valence-electron chi connectivity index (χ0n) is 13.6. The molecule has 0 aliphatic heterocycles. The highest BCUT2D eigenvalue weighted by Crippen LogP contribution is 2.12. The van der Waals surface area contributed by atoms with Crippen LogP contribution in [0.3, 0.4) is 0 Å². The minimum atomic E-state index is -1.11. The van der Waals surface area contributed by atoms with E-state index in [2.05, 4.69) is 5.32 Å². The molecule has 2 amide bonds. The van der Waals surface area contributed by atoms with Crippen molar-refractivity contribution in [3.8, 4) is 0 Å². The number of hydrogen-bond donors (Lipinski definition) is 2. The third-order valence-electron chi connectivity index (χ3n) is 2.90. The van der Waals surface area contributed by atoms with E-state index >= 15 is 0 Å². The maximum absolute atomic E-state index is 12.3. The molecule has 0 aliphatic rings. The van der Waals surface area contributed by atoms with Crippen molar-refractivity contribution in [2.75, 3.05) is 13.6 Å². The SMILES string of the molecule is CCC(C)C(NC(=O)OC(C)(C)C)C(=O)N(C)CC(=O)O. The van der Waals surface area contributed by atoms with Crippen LogP contribution in [-0.2, 0) is 14.3 Å². The Labute approximate surface area is 125 Å². The first-order valence-electron chi connectivity index (χ1n) is 6.94. The Kier molecular flexibility index (Phi) is 7.18. The Hall–Kier alpha value is -1.79. The fourth-order valence-corrected chi connectivity index (χ4v) is 1.64. The van der Waals surface area contributed by atoms with Gasteiger partial charge in [0.25, 0.3) is 0 Å². The fraction of sp³-hybridized carbons (Fsp3) is 0.786. The minimum Gasteiger partial charge on any atom is -0.480 e. The highest BCUT2D eigenvalue weighted by molar-refractivity contribution is 5.88. The molecule has 2 N–H and O–H groups in total. The second-order valence-electron chi connectivity index (χ2n) is 6.10. The van der Waals surface area contributed by atoms with Crippen LogP contribution in [0, 0.1) is 5.92 Å². The van der Waals surface area contributed by atoms with E-state index in [1.54, 1.807) is 20.8 Å². The van der Waals surface area contributed by atoms with E-state index in [4.69, 9.17) is 9.84 Å². The van der Waals surface area contributed by atoms with E-state index in [1.807, 2.05) is 13.8 Å². The van der Waals surface area contributed by atoms with Crippen LogP contribution in [-0.4, -0.2) is 53.2 Å². The highest BCUT2D eigenvalue weighted by Gasteiger charge is 2.30. The van der Waals surface area contributed by atoms with Gasteiger partial charge in [-0.2, -0.15) is 0 Å². The van der Waals surface area contributed by atoms with Gasteiger partial charge in [-0.1, -0.05) is 20.3 Å². The molecule has 21 heavy (non-hydrogen) atoms. The van der Waals surface area contributed by atoms with Crippen LogP contribution >= 0.6 is 0 Å². The van der Waals surface area contributed by atoms with E-state index in [1.165, 1.54) is 7.05 Å². The number of carboxylic acid groups (broad SMARTS) is 1. The molecule has 0 spiro atoms. The van der Waals surface area contributed by atoms with Crippen LogP contribution in [0.25, 0.3) is 0 Å². The van der Waals surface area contributed by atoms with Gasteiger partial charge in [-0.3, -0.25) is 9.59 Å². The van der Waals surface area contributed by atoms with E-state index in [9.17, 15) is 14.4 Å². The number of ether oxygens (including phenoxy) is 1. The fourth-order valence-electron chi connectivity index (χ4n) is 1.64. The molecule has 0 aromatic rings. The predicted molar refractivity (Wildman–Crippen MR) is 77.9 cm³/mol. The summed E-state index contributed by atoms with van der Waals surface area (Å²) in [6.07, 6.45) is -0.0301. The Bertz CT molecular complexity index is 389. The Morgan fingerprint density at radius 1 is 1.29 bits per heavy atom. The maximum Gasteiger partial charge on any atom is 0.408 e. The predicted octanol–water partition coefficient (Wildman–Crippen LogP) is 1.47. The Morgan fingerprint density at radius 3 is 2.19 bits per heavy atom. The minimum absolute atomic E-state index is 0.138. The number of rotatable bonds is 6. The number of carbonyl (C=O) groups is 3. The first kappa shape index (κ1) is 19.2. The van der Waals surface area contributed by atoms with Crippen LogP contribution in [0.5, 0.6) is 0 Å². The first-order valence-corrected chi connectivity index (χ1v) is 6.94. The van der Waals surface area contributed by atoms with Gasteiger partial charge in [0, 0.05) is 7.05 Å². The lowest BCUT2D eigenvalue weighted by Crippen LogP contribution is -2.52. The largest absolute Gasteiger partial charge is 0.480 e. The normalized spacial score (nSPS) is 14.0. The van der Waals surface area contributed by atoms with Gasteiger partial charge in [0.1, 0.15) is 18.2 Å². The quantitative estimate of drug-likeness (QED) is 0.774. The van der Waals surface area contributed by atoms with Crippen LogP contribution in [0.1, 0.15) is 41.0 Å². The summed E-state index contributed by atoms with van der Waals surface area (Å²) in [5.74, 6) is -1.69. The summed E-state index contributed by atoms with van der Waals surface area (Å²) in [7, 11) is 1.39. The van der Waals surface area contributed by atoms with Gasteiger partial charge in [0.05, 0.1) is 0 Å². The number of likely N-dealkylation sites (N-methyl/N-ethyl adjacent to an activating group) is 1. The second kappa shape index (κ2) is 7.85. The van der Waals surface area contributed by atoms with Crippen molar-refractivity contribution >= 4 is 18.0 Å². The van der Waals surface area contributed by atoms with Gasteiger partial charge in [0.15, 0.2) is 0 Å². The lowest BCUT2D eigenvalue weighted by molar-refractivity contribution is -0.144. The van der Waals surface area contributed by atoms with Crippen molar-refractivity contribution in [3.05, 3.63) is 0 Å². The number of carboxylic acids is 1. The highest BCUT2D eigenvalue weighted by atomic mass is 16.6. The molecule has 2 unspecified atom stereocenters. The van der Waals surface area contributed by atoms with E-state index in [0.717, 1.165) is 4.90 Å². The number of nitrogens with one attached hydrogen (secondary N) is 1. The van der Waals surface area contributed by atoms with Crippen LogP contribution < -0.4 is 5.32 Å². The second-order valence-corrected chi connectivity index (χ2v) is 6.10. The molecular weight excluding hydrogens is 276 g/mol. The van der Waals surface area contributed by atoms with Crippen LogP contribution in [0.15, 0.2) is 0 Å². The number of amides is 2. The molecule has 0 fully saturated rings. The van der Waals surface area contributed by atoms with Crippen molar-refractivity contribution < 1.29 is 24.2 Å². The first-order chi connectivity index (χ1) is 9.47. The number of hydrogen-bond acceptors (Lipinski definition) is 4. The molecule has 0 bridgehead atoms. The van der Waals surface area contributed by atoms with Crippen LogP contribution in [0.4, 0.5) is 4.79 Å². The van der Waals surface area contributed by atoms with Crippen molar-refractivity contribution in [3.63, 3.8) is 0 Å². The average molecular weight is 302 g/mol. The van der Waals surface area contributed by atoms with Gasteiger partial charge < -0.3 is 20.1 Å². The monoisotopic (exact) mass is 302 g/mol. The zero-order valence-corrected chi connectivity index (χ0v) is 13.6. The number of carbonyl (C=O) groups excluding carboxylic acids is 2. The molecule has 0 aromatic heterocycles. The number of nitrogens with zero attached hydrogens (tertiary/aromatic N) is 1. The van der Waals surface area contributed by atoms with Gasteiger partial charge >= 0.3 is 12.1 Å². The van der Waals surface area contributed by atoms with Crippen molar-refractivity contribution in [2.24, 2.45) is 5.92 Å². The number of alkyl carbamates (subject to hydrolysis) is 1. The summed E-state index contributed by atoms with van der Waals surface area (Å²) in [5.41, 5.74) is -0.667. The molecule has 0 aromatic carbocycles. The number of aliphatic carboxylic acids is 1. The molecule has 0 saturated carbocycles. The third-order valence-corrected chi connectivity index (χ3v) is 2.90. The molecule has 7 heteroatoms. The van der Waals surface area contributed by atoms with Gasteiger partial charge in [-0.05, 0) is 26.7 Å². The smallest absolute Gasteiger partial charge is 0.408 e. The Morgan fingerprint density at radius 2 is 1.81 bits per heavy atom. The topological polar surface area (TPSA) is 95.9 Å². The summed E-state index contributed by atoms with van der Waals surface area (Å²) in [6.45, 7) is 8.46. The van der Waals surface area contributed by atoms with Crippen LogP contribution in [0.2, 0.25) is 0 Å². The van der Waals surface area contributed by atoms with Gasteiger partial charge in [-0.25, -0.2) is 4.79 Å². The molecule has 0 saturated heterocycles. The van der Waals surface area contributed by atoms with Gasteiger partial charge in [0.2, 0.25) is 5.91 Å².